The number of nitrogens with zero attached hydrogens (tertiary/aromatic N) is 3. The van der Waals surface area contributed by atoms with Gasteiger partial charge in [-0.1, -0.05) is 146 Å². The Hall–Kier alpha value is -6.99. The number of hydrogen-bond acceptors (Lipinski definition) is 6. The van der Waals surface area contributed by atoms with Crippen molar-refractivity contribution in [2.24, 2.45) is 0 Å². The molecular formula is C51H29N3OS2. The molecule has 0 saturated carbocycles. The molecule has 12 rings (SSSR count). The first-order chi connectivity index (χ1) is 28.2. The van der Waals surface area contributed by atoms with Crippen LogP contribution >= 0.6 is 22.7 Å². The summed E-state index contributed by atoms with van der Waals surface area (Å²) in [6, 6.07) is 61.9. The number of hydrogen-bond donors (Lipinski definition) is 0. The van der Waals surface area contributed by atoms with Gasteiger partial charge in [0.1, 0.15) is 11.2 Å². The van der Waals surface area contributed by atoms with E-state index in [0.717, 1.165) is 48.9 Å². The molecule has 0 atom stereocenters. The average molecular weight is 764 g/mol. The summed E-state index contributed by atoms with van der Waals surface area (Å²) in [5.74, 6) is 1.99. The van der Waals surface area contributed by atoms with Crippen LogP contribution in [0, 0.1) is 0 Å². The summed E-state index contributed by atoms with van der Waals surface area (Å²) in [7, 11) is 0. The van der Waals surface area contributed by atoms with Crippen LogP contribution in [0.15, 0.2) is 180 Å². The van der Waals surface area contributed by atoms with Gasteiger partial charge in [-0.3, -0.25) is 0 Å². The van der Waals surface area contributed by atoms with Gasteiger partial charge in [0.25, 0.3) is 0 Å². The molecule has 8 aromatic carbocycles. The van der Waals surface area contributed by atoms with Crippen molar-refractivity contribution in [1.82, 2.24) is 15.0 Å². The minimum atomic E-state index is 0.659. The predicted octanol–water partition coefficient (Wildman–Crippen LogP) is 14.8. The van der Waals surface area contributed by atoms with Crippen molar-refractivity contribution in [3.8, 4) is 56.4 Å². The highest BCUT2D eigenvalue weighted by molar-refractivity contribution is 7.26. The lowest BCUT2D eigenvalue weighted by Crippen LogP contribution is -2.00. The summed E-state index contributed by atoms with van der Waals surface area (Å²) in [4.78, 5) is 15.1. The lowest BCUT2D eigenvalue weighted by atomic mass is 9.93. The summed E-state index contributed by atoms with van der Waals surface area (Å²) in [5.41, 5.74) is 9.46. The van der Waals surface area contributed by atoms with Gasteiger partial charge in [-0.05, 0) is 41.5 Å². The Morgan fingerprint density at radius 2 is 0.947 bits per heavy atom. The van der Waals surface area contributed by atoms with Crippen LogP contribution in [0.5, 0.6) is 0 Å². The van der Waals surface area contributed by atoms with Gasteiger partial charge in [-0.15, -0.1) is 22.7 Å². The Morgan fingerprint density at radius 3 is 1.74 bits per heavy atom. The fraction of sp³-hybridized carbons (Fsp3) is 0. The van der Waals surface area contributed by atoms with Crippen molar-refractivity contribution < 1.29 is 4.42 Å². The van der Waals surface area contributed by atoms with Gasteiger partial charge in [-0.2, -0.15) is 0 Å². The molecule has 0 bridgehead atoms. The maximum atomic E-state index is 6.55. The van der Waals surface area contributed by atoms with Crippen LogP contribution in [0.4, 0.5) is 0 Å². The number of thiophene rings is 2. The summed E-state index contributed by atoms with van der Waals surface area (Å²) < 4.78 is 11.5. The smallest absolute Gasteiger partial charge is 0.165 e. The summed E-state index contributed by atoms with van der Waals surface area (Å²) in [6.07, 6.45) is 0. The first-order valence-corrected chi connectivity index (χ1v) is 20.6. The first-order valence-electron chi connectivity index (χ1n) is 18.9. The number of para-hydroxylation sites is 2. The Kier molecular flexibility index (Phi) is 7.24. The maximum absolute atomic E-state index is 6.55. The van der Waals surface area contributed by atoms with Crippen LogP contribution in [-0.2, 0) is 0 Å². The molecule has 4 nitrogen and oxygen atoms in total. The Balaban J connectivity index is 1.04. The van der Waals surface area contributed by atoms with E-state index in [9.17, 15) is 0 Å². The van der Waals surface area contributed by atoms with E-state index < -0.39 is 0 Å². The van der Waals surface area contributed by atoms with Gasteiger partial charge in [0.05, 0.1) is 0 Å². The SMILES string of the molecule is c1ccc(-c2nc(-c3ccccc3)nc(-c3cccc4c3sc3ccc(-c5ccc(-c6cccc7c6oc6ccccc67)c6sc7ccccc7c56)cc34)n2)cc1. The topological polar surface area (TPSA) is 51.8 Å². The molecular weight excluding hydrogens is 735 g/mol. The van der Waals surface area contributed by atoms with Crippen LogP contribution in [0.2, 0.25) is 0 Å². The van der Waals surface area contributed by atoms with E-state index in [2.05, 4.69) is 133 Å². The molecule has 4 aromatic heterocycles. The van der Waals surface area contributed by atoms with Crippen LogP contribution in [0.25, 0.3) is 119 Å². The second kappa shape index (κ2) is 12.8. The molecule has 12 aromatic rings. The second-order valence-corrected chi connectivity index (χ2v) is 16.4. The number of rotatable bonds is 5. The Labute approximate surface area is 335 Å². The lowest BCUT2D eigenvalue weighted by molar-refractivity contribution is 0.670. The van der Waals surface area contributed by atoms with E-state index in [1.165, 1.54) is 52.3 Å². The number of aromatic nitrogens is 3. The minimum absolute atomic E-state index is 0.659. The van der Waals surface area contributed by atoms with E-state index in [-0.39, 0.29) is 0 Å². The molecule has 0 aliphatic rings. The van der Waals surface area contributed by atoms with Gasteiger partial charge in [-0.25, -0.2) is 15.0 Å². The first kappa shape index (κ1) is 32.3. The number of furan rings is 1. The van der Waals surface area contributed by atoms with Crippen molar-refractivity contribution in [3.05, 3.63) is 176 Å². The van der Waals surface area contributed by atoms with Crippen LogP contribution in [0.1, 0.15) is 0 Å². The van der Waals surface area contributed by atoms with E-state index in [0.29, 0.717) is 17.5 Å². The molecule has 57 heavy (non-hydrogen) atoms. The van der Waals surface area contributed by atoms with Gasteiger partial charge >= 0.3 is 0 Å². The highest BCUT2D eigenvalue weighted by Crippen LogP contribution is 2.48. The number of benzene rings is 8. The largest absolute Gasteiger partial charge is 0.455 e. The molecule has 0 amide bonds. The maximum Gasteiger partial charge on any atom is 0.165 e. The highest BCUT2D eigenvalue weighted by Gasteiger charge is 2.21. The minimum Gasteiger partial charge on any atom is -0.455 e. The molecule has 0 unspecified atom stereocenters. The predicted molar refractivity (Wildman–Crippen MR) is 240 cm³/mol. The fourth-order valence-electron chi connectivity index (χ4n) is 8.31. The van der Waals surface area contributed by atoms with E-state index in [1.54, 1.807) is 11.3 Å². The van der Waals surface area contributed by atoms with Crippen LogP contribution < -0.4 is 0 Å². The average Bonchev–Trinajstić information content (AvgIpc) is 3.98. The van der Waals surface area contributed by atoms with Gasteiger partial charge in [0, 0.05) is 78.9 Å². The zero-order valence-electron chi connectivity index (χ0n) is 30.3. The van der Waals surface area contributed by atoms with E-state index in [4.69, 9.17) is 19.4 Å². The second-order valence-electron chi connectivity index (χ2n) is 14.3. The summed E-state index contributed by atoms with van der Waals surface area (Å²) in [6.45, 7) is 0. The van der Waals surface area contributed by atoms with Gasteiger partial charge in [0.2, 0.25) is 0 Å². The third-order valence-corrected chi connectivity index (χ3v) is 13.4. The van der Waals surface area contributed by atoms with E-state index >= 15 is 0 Å². The number of fused-ring (bicyclic) bond motifs is 9. The zero-order chi connectivity index (χ0) is 37.5. The van der Waals surface area contributed by atoms with Crippen molar-refractivity contribution >= 4 is 85.0 Å². The molecule has 0 N–H and O–H groups in total. The molecule has 0 saturated heterocycles. The van der Waals surface area contributed by atoms with Gasteiger partial charge in [0.15, 0.2) is 17.5 Å². The van der Waals surface area contributed by atoms with E-state index in [1.807, 2.05) is 53.8 Å². The van der Waals surface area contributed by atoms with Gasteiger partial charge < -0.3 is 4.42 Å². The Bertz CT molecular complexity index is 3470. The molecule has 0 fully saturated rings. The molecule has 0 radical (unpaired) electrons. The molecule has 266 valence electrons. The summed E-state index contributed by atoms with van der Waals surface area (Å²) >= 11 is 3.65. The molecule has 0 aliphatic heterocycles. The van der Waals surface area contributed by atoms with Crippen LogP contribution in [-0.4, -0.2) is 15.0 Å². The molecule has 6 heteroatoms. The van der Waals surface area contributed by atoms with Crippen molar-refractivity contribution in [1.29, 1.82) is 0 Å². The van der Waals surface area contributed by atoms with Crippen molar-refractivity contribution in [2.75, 3.05) is 0 Å². The molecule has 0 aliphatic carbocycles. The summed E-state index contributed by atoms with van der Waals surface area (Å²) in [5, 5.41) is 7.23. The quantitative estimate of drug-likeness (QED) is 0.175. The van der Waals surface area contributed by atoms with Crippen molar-refractivity contribution in [3.63, 3.8) is 0 Å². The zero-order valence-corrected chi connectivity index (χ0v) is 31.9. The lowest BCUT2D eigenvalue weighted by Gasteiger charge is -2.10. The highest BCUT2D eigenvalue weighted by atomic mass is 32.1. The fourth-order valence-corrected chi connectivity index (χ4v) is 10.8. The third kappa shape index (κ3) is 5.15. The molecule has 4 heterocycles. The Morgan fingerprint density at radius 1 is 0.351 bits per heavy atom. The monoisotopic (exact) mass is 763 g/mol. The standard InChI is InChI=1S/C51H29N3OS2/c1-3-13-30(14-4-1)49-52-50(31-15-5-2-6-16-31)54-51(53-49)40-22-12-21-37-41-29-32(25-28-44(41)56-47(37)40)33-26-27-38(48-45(33)39-18-8-10-24-43(39)57-48)36-20-11-19-35-34-17-7-9-23-42(34)55-46(35)36/h1-29H. The van der Waals surface area contributed by atoms with Crippen LogP contribution in [0.3, 0.4) is 0 Å². The molecule has 0 spiro atoms. The third-order valence-electron chi connectivity index (χ3n) is 11.0. The van der Waals surface area contributed by atoms with Crippen molar-refractivity contribution in [2.45, 2.75) is 0 Å². The normalized spacial score (nSPS) is 11.9.